The molecule has 0 spiro atoms. The average Bonchev–Trinajstić information content (AvgIpc) is 1.99. The number of aliphatic hydroxyl groups is 2. The minimum atomic E-state index is -1.22. The van der Waals surface area contributed by atoms with Crippen molar-refractivity contribution < 1.29 is 15.0 Å². The van der Waals surface area contributed by atoms with Crippen molar-refractivity contribution in [1.82, 2.24) is 4.90 Å². The number of nitrogens with zero attached hydrogens (tertiary/aromatic N) is 1. The molecule has 0 radical (unpaired) electrons. The second-order valence-corrected chi connectivity index (χ2v) is 2.03. The summed E-state index contributed by atoms with van der Waals surface area (Å²) in [6.45, 7) is 3.50. The van der Waals surface area contributed by atoms with E-state index in [1.807, 2.05) is 0 Å². The van der Waals surface area contributed by atoms with Crippen molar-refractivity contribution in [2.75, 3.05) is 6.54 Å². The molecule has 0 aliphatic carbocycles. The van der Waals surface area contributed by atoms with Gasteiger partial charge in [0.2, 0.25) is 0 Å². The molecule has 0 bridgehead atoms. The second-order valence-electron chi connectivity index (χ2n) is 2.03. The molecule has 0 saturated carbocycles. The monoisotopic (exact) mass is 172 g/mol. The maximum absolute atomic E-state index is 10.6. The summed E-state index contributed by atoms with van der Waals surface area (Å²) >= 11 is 0. The molecular weight excluding hydrogens is 160 g/mol. The van der Waals surface area contributed by atoms with Crippen molar-refractivity contribution >= 4 is 6.03 Å². The molecule has 4 N–H and O–H groups in total. The van der Waals surface area contributed by atoms with Crippen LogP contribution in [-0.2, 0) is 0 Å². The van der Waals surface area contributed by atoms with E-state index in [-0.39, 0.29) is 6.54 Å². The smallest absolute Gasteiger partial charge is 0.317 e. The van der Waals surface area contributed by atoms with Gasteiger partial charge in [0, 0.05) is 6.54 Å². The van der Waals surface area contributed by atoms with Gasteiger partial charge in [0.25, 0.3) is 0 Å². The van der Waals surface area contributed by atoms with Gasteiger partial charge in [-0.3, -0.25) is 4.90 Å². The summed E-state index contributed by atoms with van der Waals surface area (Å²) in [5.41, 5.74) is 4.92. The van der Waals surface area contributed by atoms with E-state index in [1.165, 1.54) is 6.08 Å². The average molecular weight is 172 g/mol. The van der Waals surface area contributed by atoms with E-state index >= 15 is 0 Å². The molecule has 0 aliphatic heterocycles. The Morgan fingerprint density at radius 3 is 2.67 bits per heavy atom. The first-order chi connectivity index (χ1) is 5.63. The van der Waals surface area contributed by atoms with Crippen LogP contribution in [-0.4, -0.2) is 33.9 Å². The molecule has 0 rings (SSSR count). The molecule has 68 valence electrons. The number of hydrogen-bond acceptors (Lipinski definition) is 3. The minimum absolute atomic E-state index is 0.126. The maximum atomic E-state index is 10.6. The van der Waals surface area contributed by atoms with E-state index in [4.69, 9.17) is 15.9 Å². The fourth-order valence-electron chi connectivity index (χ4n) is 0.648. The Hall–Kier alpha value is -1.49. The molecular formula is C7H12N2O3. The van der Waals surface area contributed by atoms with Crippen LogP contribution in [0.2, 0.25) is 0 Å². The number of aliphatic hydroxyl groups excluding tert-OH is 2. The molecule has 0 aromatic carbocycles. The van der Waals surface area contributed by atoms with Gasteiger partial charge in [-0.05, 0) is 6.08 Å². The summed E-state index contributed by atoms with van der Waals surface area (Å²) in [7, 11) is 0. The number of hydrogen-bond donors (Lipinski definition) is 3. The van der Waals surface area contributed by atoms with Crippen LogP contribution in [0.4, 0.5) is 4.79 Å². The van der Waals surface area contributed by atoms with Crippen LogP contribution in [0.1, 0.15) is 0 Å². The van der Waals surface area contributed by atoms with E-state index in [1.54, 1.807) is 0 Å². The Kier molecular flexibility index (Phi) is 4.55. The molecule has 5 nitrogen and oxygen atoms in total. The largest absolute Gasteiger partial charge is 0.516 e. The molecule has 2 amide bonds. The lowest BCUT2D eigenvalue weighted by Crippen LogP contribution is -2.42. The molecule has 12 heavy (non-hydrogen) atoms. The quantitative estimate of drug-likeness (QED) is 0.315. The molecule has 0 aliphatic rings. The molecule has 0 aromatic rings. The van der Waals surface area contributed by atoms with E-state index in [0.717, 1.165) is 11.0 Å². The highest BCUT2D eigenvalue weighted by atomic mass is 16.3. The third-order valence-corrected chi connectivity index (χ3v) is 1.19. The number of nitrogens with two attached hydrogens (primary N) is 1. The van der Waals surface area contributed by atoms with Gasteiger partial charge in [0.15, 0.2) is 6.23 Å². The predicted molar refractivity (Wildman–Crippen MR) is 44.3 cm³/mol. The van der Waals surface area contributed by atoms with Crippen LogP contribution >= 0.6 is 0 Å². The van der Waals surface area contributed by atoms with Crippen LogP contribution in [0, 0.1) is 0 Å². The Morgan fingerprint density at radius 1 is 1.75 bits per heavy atom. The van der Waals surface area contributed by atoms with Crippen LogP contribution in [0.3, 0.4) is 0 Å². The molecule has 0 aromatic heterocycles. The minimum Gasteiger partial charge on any atom is -0.516 e. The zero-order valence-electron chi connectivity index (χ0n) is 6.55. The highest BCUT2D eigenvalue weighted by molar-refractivity contribution is 5.72. The lowest BCUT2D eigenvalue weighted by atomic mass is 10.4. The second kappa shape index (κ2) is 5.20. The van der Waals surface area contributed by atoms with Gasteiger partial charge in [-0.1, -0.05) is 6.08 Å². The number of primary amides is 1. The van der Waals surface area contributed by atoms with E-state index in [9.17, 15) is 4.79 Å². The summed E-state index contributed by atoms with van der Waals surface area (Å²) in [4.78, 5) is 11.6. The van der Waals surface area contributed by atoms with Crippen LogP contribution in [0.5, 0.6) is 0 Å². The van der Waals surface area contributed by atoms with Gasteiger partial charge >= 0.3 is 6.03 Å². The van der Waals surface area contributed by atoms with Gasteiger partial charge in [-0.2, -0.15) is 0 Å². The van der Waals surface area contributed by atoms with Crippen molar-refractivity contribution in [2.24, 2.45) is 5.73 Å². The maximum Gasteiger partial charge on any atom is 0.317 e. The predicted octanol–water partition coefficient (Wildman–Crippen LogP) is -0.0568. The Labute approximate surface area is 70.4 Å². The number of carbonyl (C=O) groups excluding carboxylic acids is 1. The summed E-state index contributed by atoms with van der Waals surface area (Å²) < 4.78 is 0. The summed E-state index contributed by atoms with van der Waals surface area (Å²) in [5, 5.41) is 17.4. The molecule has 1 atom stereocenters. The first-order valence-electron chi connectivity index (χ1n) is 3.29. The Bertz CT molecular complexity index is 191. The lowest BCUT2D eigenvalue weighted by molar-refractivity contribution is 0.0772. The van der Waals surface area contributed by atoms with Crippen molar-refractivity contribution in [3.8, 4) is 0 Å². The first kappa shape index (κ1) is 10.5. The number of carbonyl (C=O) groups is 1. The summed E-state index contributed by atoms with van der Waals surface area (Å²) in [6.07, 6.45) is 1.86. The molecule has 0 saturated heterocycles. The van der Waals surface area contributed by atoms with E-state index in [0.29, 0.717) is 6.26 Å². The fourth-order valence-corrected chi connectivity index (χ4v) is 0.648. The molecule has 5 heteroatoms. The Morgan fingerprint density at radius 2 is 2.33 bits per heavy atom. The molecule has 0 heterocycles. The van der Waals surface area contributed by atoms with Crippen molar-refractivity contribution in [3.63, 3.8) is 0 Å². The SMILES string of the molecule is C=CCN(C(N)=O)C(O)C=CO. The van der Waals surface area contributed by atoms with Gasteiger partial charge < -0.3 is 15.9 Å². The van der Waals surface area contributed by atoms with Crippen LogP contribution in [0.15, 0.2) is 25.0 Å². The highest BCUT2D eigenvalue weighted by Gasteiger charge is 2.14. The molecule has 1 unspecified atom stereocenters. The third-order valence-electron chi connectivity index (χ3n) is 1.19. The van der Waals surface area contributed by atoms with E-state index in [2.05, 4.69) is 6.58 Å². The standard InChI is InChI=1S/C7H12N2O3/c1-2-4-9(7(8)12)6(11)3-5-10/h2-3,5-6,10-11H,1,4H2,(H2,8,12). The first-order valence-corrected chi connectivity index (χ1v) is 3.29. The van der Waals surface area contributed by atoms with Crippen molar-refractivity contribution in [3.05, 3.63) is 25.0 Å². The van der Waals surface area contributed by atoms with Gasteiger partial charge in [0.05, 0.1) is 6.26 Å². The zero-order valence-corrected chi connectivity index (χ0v) is 6.55. The fraction of sp³-hybridized carbons (Fsp3) is 0.286. The molecule has 0 fully saturated rings. The zero-order chi connectivity index (χ0) is 9.56. The topological polar surface area (TPSA) is 86.8 Å². The van der Waals surface area contributed by atoms with Crippen molar-refractivity contribution in [1.29, 1.82) is 0 Å². The van der Waals surface area contributed by atoms with E-state index < -0.39 is 12.3 Å². The van der Waals surface area contributed by atoms with Gasteiger partial charge in [-0.25, -0.2) is 4.79 Å². The lowest BCUT2D eigenvalue weighted by Gasteiger charge is -2.21. The van der Waals surface area contributed by atoms with Crippen LogP contribution in [0.25, 0.3) is 0 Å². The summed E-state index contributed by atoms with van der Waals surface area (Å²) in [6, 6.07) is -0.777. The number of rotatable bonds is 4. The summed E-state index contributed by atoms with van der Waals surface area (Å²) in [5.74, 6) is 0. The highest BCUT2D eigenvalue weighted by Crippen LogP contribution is 1.97. The third kappa shape index (κ3) is 3.07. The van der Waals surface area contributed by atoms with Crippen LogP contribution < -0.4 is 5.73 Å². The number of urea groups is 1. The van der Waals surface area contributed by atoms with Gasteiger partial charge in [0.1, 0.15) is 0 Å². The number of amides is 2. The van der Waals surface area contributed by atoms with Gasteiger partial charge in [-0.15, -0.1) is 6.58 Å². The van der Waals surface area contributed by atoms with Crippen molar-refractivity contribution in [2.45, 2.75) is 6.23 Å². The normalized spacial score (nSPS) is 12.8. The Balaban J connectivity index is 4.27.